The number of benzene rings is 1. The molecule has 4 rings (SSSR count). The summed E-state index contributed by atoms with van der Waals surface area (Å²) >= 11 is 0. The first-order valence-electron chi connectivity index (χ1n) is 13.1. The molecule has 0 aliphatic heterocycles. The van der Waals surface area contributed by atoms with Crippen molar-refractivity contribution >= 4 is 16.6 Å². The summed E-state index contributed by atoms with van der Waals surface area (Å²) in [6, 6.07) is 12.3. The summed E-state index contributed by atoms with van der Waals surface area (Å²) in [5.41, 5.74) is 1.03. The van der Waals surface area contributed by atoms with Crippen molar-refractivity contribution in [3.8, 4) is 29.3 Å². The van der Waals surface area contributed by atoms with Gasteiger partial charge in [-0.15, -0.1) is 0 Å². The first-order valence-corrected chi connectivity index (χ1v) is 13.1. The van der Waals surface area contributed by atoms with E-state index in [9.17, 15) is 5.11 Å². The quantitative estimate of drug-likeness (QED) is 0.242. The maximum Gasteiger partial charge on any atom is 0.217 e. The highest BCUT2D eigenvalue weighted by molar-refractivity contribution is 5.84. The average Bonchev–Trinajstić information content (AvgIpc) is 3.02. The molecule has 0 aliphatic rings. The van der Waals surface area contributed by atoms with Crippen LogP contribution in [0.1, 0.15) is 29.0 Å². The molecular weight excluding hydrogens is 538 g/mol. The third-order valence-corrected chi connectivity index (χ3v) is 7.13. The number of hydrogen-bond donors (Lipinski definition) is 1. The summed E-state index contributed by atoms with van der Waals surface area (Å²) in [5.74, 6) is 0.729. The lowest BCUT2D eigenvalue weighted by Gasteiger charge is -2.39. The molecule has 220 valence electrons. The van der Waals surface area contributed by atoms with Gasteiger partial charge in [-0.1, -0.05) is 6.07 Å². The second-order valence-corrected chi connectivity index (χ2v) is 9.90. The van der Waals surface area contributed by atoms with Crippen molar-refractivity contribution in [1.82, 2.24) is 19.9 Å². The van der Waals surface area contributed by atoms with Crippen LogP contribution in [-0.2, 0) is 5.60 Å². The van der Waals surface area contributed by atoms with Gasteiger partial charge in [-0.05, 0) is 55.7 Å². The average molecular weight is 574 g/mol. The Kier molecular flexibility index (Phi) is 9.30. The Hall–Kier alpha value is -4.66. The van der Waals surface area contributed by atoms with E-state index in [1.54, 1.807) is 49.7 Å². The minimum absolute atomic E-state index is 0.255. The van der Waals surface area contributed by atoms with Crippen LogP contribution in [0.2, 0.25) is 0 Å². The number of aliphatic hydroxyl groups is 1. The SMILES string of the molecule is [C-]#[N+]c1ccc2nc(OC)c(C(c3cc(OC)cnc3OC)C(O)(CCN(C)C)c3cc(OC)nc(OC)c3)cc2c1. The molecule has 4 aromatic rings. The zero-order valence-corrected chi connectivity index (χ0v) is 24.8. The number of aromatic nitrogens is 3. The van der Waals surface area contributed by atoms with Gasteiger partial charge in [0.25, 0.3) is 0 Å². The Bertz CT molecular complexity index is 1580. The van der Waals surface area contributed by atoms with Crippen LogP contribution in [0, 0.1) is 6.57 Å². The molecule has 0 radical (unpaired) electrons. The van der Waals surface area contributed by atoms with Gasteiger partial charge in [0.15, 0.2) is 5.69 Å². The lowest BCUT2D eigenvalue weighted by molar-refractivity contribution is 0.00254. The Labute approximate surface area is 245 Å². The Morgan fingerprint density at radius 1 is 0.857 bits per heavy atom. The van der Waals surface area contributed by atoms with Gasteiger partial charge < -0.3 is 33.7 Å². The van der Waals surface area contributed by atoms with Gasteiger partial charge in [0.1, 0.15) is 11.4 Å². The van der Waals surface area contributed by atoms with Crippen molar-refractivity contribution in [2.24, 2.45) is 0 Å². The van der Waals surface area contributed by atoms with Gasteiger partial charge in [-0.25, -0.2) is 14.8 Å². The molecule has 2 unspecified atom stereocenters. The van der Waals surface area contributed by atoms with Crippen LogP contribution < -0.4 is 23.7 Å². The number of nitrogens with zero attached hydrogens (tertiary/aromatic N) is 5. The molecule has 11 heteroatoms. The minimum Gasteiger partial charge on any atom is -0.495 e. The van der Waals surface area contributed by atoms with Crippen molar-refractivity contribution in [2.45, 2.75) is 17.9 Å². The van der Waals surface area contributed by atoms with E-state index in [0.717, 1.165) is 0 Å². The molecule has 0 spiro atoms. The van der Waals surface area contributed by atoms with E-state index in [0.29, 0.717) is 51.5 Å². The van der Waals surface area contributed by atoms with E-state index in [4.69, 9.17) is 35.2 Å². The molecule has 2 atom stereocenters. The van der Waals surface area contributed by atoms with Crippen molar-refractivity contribution in [3.63, 3.8) is 0 Å². The van der Waals surface area contributed by atoms with E-state index >= 15 is 0 Å². The molecule has 11 nitrogen and oxygen atoms in total. The Balaban J connectivity index is 2.15. The standard InChI is InChI=1S/C31H35N5O6/c1-32-21-9-10-25-19(13-21)14-23(30(34-25)42-8)28(24-17-22(38-4)18-33-29(24)41-7)31(37,11-12-36(2)3)20-15-26(39-5)35-27(16-20)40-6/h9-10,13-18,28,37H,11-12H2,2-8H3. The zero-order valence-electron chi connectivity index (χ0n) is 24.8. The zero-order chi connectivity index (χ0) is 30.4. The third kappa shape index (κ3) is 6.00. The van der Waals surface area contributed by atoms with E-state index in [1.807, 2.05) is 25.1 Å². The number of rotatable bonds is 12. The highest BCUT2D eigenvalue weighted by Crippen LogP contribution is 2.50. The van der Waals surface area contributed by atoms with Crippen LogP contribution in [0.3, 0.4) is 0 Å². The van der Waals surface area contributed by atoms with E-state index in [2.05, 4.69) is 14.8 Å². The van der Waals surface area contributed by atoms with Crippen LogP contribution in [0.25, 0.3) is 15.7 Å². The van der Waals surface area contributed by atoms with E-state index in [-0.39, 0.29) is 24.1 Å². The van der Waals surface area contributed by atoms with E-state index < -0.39 is 11.5 Å². The number of fused-ring (bicyclic) bond motifs is 1. The second kappa shape index (κ2) is 12.9. The largest absolute Gasteiger partial charge is 0.495 e. The molecule has 3 aromatic heterocycles. The summed E-state index contributed by atoms with van der Waals surface area (Å²) in [6.07, 6.45) is 1.80. The first-order chi connectivity index (χ1) is 20.2. The predicted molar refractivity (Wildman–Crippen MR) is 158 cm³/mol. The van der Waals surface area contributed by atoms with Gasteiger partial charge in [-0.3, -0.25) is 0 Å². The van der Waals surface area contributed by atoms with E-state index in [1.165, 1.54) is 28.4 Å². The molecule has 0 saturated carbocycles. The fourth-order valence-electron chi connectivity index (χ4n) is 5.01. The van der Waals surface area contributed by atoms with Gasteiger partial charge in [-0.2, -0.15) is 4.98 Å². The maximum atomic E-state index is 13.1. The smallest absolute Gasteiger partial charge is 0.217 e. The summed E-state index contributed by atoms with van der Waals surface area (Å²) in [7, 11) is 11.5. The molecule has 0 amide bonds. The molecule has 42 heavy (non-hydrogen) atoms. The molecule has 3 heterocycles. The van der Waals surface area contributed by atoms with Crippen molar-refractivity contribution in [1.29, 1.82) is 0 Å². The third-order valence-electron chi connectivity index (χ3n) is 7.13. The highest BCUT2D eigenvalue weighted by Gasteiger charge is 2.45. The van der Waals surface area contributed by atoms with Gasteiger partial charge >= 0.3 is 0 Å². The summed E-state index contributed by atoms with van der Waals surface area (Å²) in [5, 5.41) is 13.8. The molecule has 0 saturated heterocycles. The number of pyridine rings is 3. The number of hydrogen-bond acceptors (Lipinski definition) is 10. The van der Waals surface area contributed by atoms with Crippen molar-refractivity contribution < 1.29 is 28.8 Å². The van der Waals surface area contributed by atoms with Crippen LogP contribution in [-0.4, -0.2) is 81.1 Å². The van der Waals surface area contributed by atoms with Crippen LogP contribution in [0.4, 0.5) is 5.69 Å². The van der Waals surface area contributed by atoms with Crippen LogP contribution in [0.5, 0.6) is 29.3 Å². The molecule has 0 fully saturated rings. The number of ether oxygens (including phenoxy) is 5. The normalized spacial score (nSPS) is 13.2. The first kappa shape index (κ1) is 30.3. The molecular formula is C31H35N5O6. The summed E-state index contributed by atoms with van der Waals surface area (Å²) in [4.78, 5) is 19.2. The van der Waals surface area contributed by atoms with Gasteiger partial charge in [0.05, 0.1) is 59.8 Å². The monoisotopic (exact) mass is 573 g/mol. The van der Waals surface area contributed by atoms with Crippen LogP contribution >= 0.6 is 0 Å². The van der Waals surface area contributed by atoms with Gasteiger partial charge in [0.2, 0.25) is 23.5 Å². The lowest BCUT2D eigenvalue weighted by Crippen LogP contribution is -2.38. The lowest BCUT2D eigenvalue weighted by atomic mass is 9.72. The van der Waals surface area contributed by atoms with Crippen molar-refractivity contribution in [3.05, 3.63) is 76.8 Å². The minimum atomic E-state index is -1.64. The molecule has 1 N–H and O–H groups in total. The maximum absolute atomic E-state index is 13.1. The number of methoxy groups -OCH3 is 5. The Morgan fingerprint density at radius 3 is 2.10 bits per heavy atom. The fraction of sp³-hybridized carbons (Fsp3) is 0.355. The van der Waals surface area contributed by atoms with Crippen molar-refractivity contribution in [2.75, 3.05) is 56.2 Å². The topological polar surface area (TPSA) is 113 Å². The summed E-state index contributed by atoms with van der Waals surface area (Å²) < 4.78 is 28.1. The Morgan fingerprint density at radius 2 is 1.52 bits per heavy atom. The van der Waals surface area contributed by atoms with Crippen LogP contribution in [0.15, 0.2) is 48.7 Å². The molecule has 1 aromatic carbocycles. The molecule has 0 aliphatic carbocycles. The predicted octanol–water partition coefficient (Wildman–Crippen LogP) is 4.59. The highest BCUT2D eigenvalue weighted by atomic mass is 16.5. The summed E-state index contributed by atoms with van der Waals surface area (Å²) in [6.45, 7) is 8.02. The molecule has 0 bridgehead atoms. The van der Waals surface area contributed by atoms with Gasteiger partial charge in [0, 0.05) is 29.8 Å². The fourth-order valence-corrected chi connectivity index (χ4v) is 5.01. The second-order valence-electron chi connectivity index (χ2n) is 9.90.